The first-order valence-corrected chi connectivity index (χ1v) is 10.5. The van der Waals surface area contributed by atoms with Gasteiger partial charge in [-0.1, -0.05) is 38.8 Å². The Morgan fingerprint density at radius 3 is 2.50 bits per heavy atom. The maximum atomic E-state index is 11.9. The fraction of sp³-hybridized carbons (Fsp3) is 0.824. The second-order valence-electron chi connectivity index (χ2n) is 7.18. The van der Waals surface area contributed by atoms with Crippen LogP contribution >= 0.6 is 7.82 Å². The topological polar surface area (TPSA) is 108 Å². The summed E-state index contributed by atoms with van der Waals surface area (Å²) in [7, 11) is 1.24. The molecule has 26 heavy (non-hydrogen) atoms. The lowest BCUT2D eigenvalue weighted by atomic mass is 10.1. The lowest BCUT2D eigenvalue weighted by molar-refractivity contribution is -0.870. The fourth-order valence-electron chi connectivity index (χ4n) is 1.86. The van der Waals surface area contributed by atoms with Crippen molar-refractivity contribution in [2.75, 3.05) is 40.9 Å². The Morgan fingerprint density at radius 2 is 1.96 bits per heavy atom. The van der Waals surface area contributed by atoms with Crippen LogP contribution in [0.5, 0.6) is 0 Å². The quantitative estimate of drug-likeness (QED) is 0.198. The molecule has 0 aromatic rings. The smallest absolute Gasteiger partial charge is 0.268 e. The lowest BCUT2D eigenvalue weighted by Crippen LogP contribution is -2.45. The molecule has 0 aromatic carbocycles. The second-order valence-corrected chi connectivity index (χ2v) is 8.59. The number of likely N-dealkylation sites (N-methyl/N-ethyl adjacent to an activating group) is 1. The molecule has 0 aliphatic rings. The molecule has 3 atom stereocenters. The average Bonchev–Trinajstić information content (AvgIpc) is 2.53. The van der Waals surface area contributed by atoms with Crippen molar-refractivity contribution in [3.05, 3.63) is 12.2 Å². The van der Waals surface area contributed by atoms with Gasteiger partial charge in [0.25, 0.3) is 7.82 Å². The first-order valence-electron chi connectivity index (χ1n) is 9.05. The molecule has 2 N–H and O–H groups in total. The van der Waals surface area contributed by atoms with Crippen molar-refractivity contribution in [3.8, 4) is 0 Å². The molecule has 0 radical (unpaired) electrons. The largest absolute Gasteiger partial charge is 0.756 e. The van der Waals surface area contributed by atoms with Crippen molar-refractivity contribution in [2.45, 2.75) is 51.7 Å². The number of rotatable bonds is 14. The summed E-state index contributed by atoms with van der Waals surface area (Å²) in [5.41, 5.74) is 0. The van der Waals surface area contributed by atoms with E-state index >= 15 is 0 Å². The van der Waals surface area contributed by atoms with Crippen LogP contribution in [0, 0.1) is 0 Å². The highest BCUT2D eigenvalue weighted by atomic mass is 31.2. The summed E-state index contributed by atoms with van der Waals surface area (Å²) >= 11 is 0. The number of quaternary nitrogens is 1. The summed E-state index contributed by atoms with van der Waals surface area (Å²) < 4.78 is 22.1. The van der Waals surface area contributed by atoms with E-state index in [0.717, 1.165) is 19.3 Å². The molecule has 0 aliphatic heterocycles. The Kier molecular flexibility index (Phi) is 12.2. The van der Waals surface area contributed by atoms with E-state index in [1.165, 1.54) is 0 Å². The van der Waals surface area contributed by atoms with E-state index in [0.29, 0.717) is 11.0 Å². The molecule has 0 spiro atoms. The number of nitrogens with zero attached hydrogens (tertiary/aromatic N) is 1. The highest BCUT2D eigenvalue weighted by Crippen LogP contribution is 2.38. The first kappa shape index (κ1) is 25.2. The molecule has 0 aliphatic carbocycles. The van der Waals surface area contributed by atoms with E-state index in [1.54, 1.807) is 13.0 Å². The first-order chi connectivity index (χ1) is 12.0. The van der Waals surface area contributed by atoms with Crippen LogP contribution in [-0.2, 0) is 18.4 Å². The van der Waals surface area contributed by atoms with Gasteiger partial charge in [0.2, 0.25) is 5.91 Å². The molecular formula is C17H35N2O6P. The zero-order valence-electron chi connectivity index (χ0n) is 16.6. The van der Waals surface area contributed by atoms with Crippen molar-refractivity contribution < 1.29 is 32.9 Å². The molecule has 0 rings (SSSR count). The van der Waals surface area contributed by atoms with E-state index in [1.807, 2.05) is 27.2 Å². The number of phosphoric acid groups is 1. The molecule has 0 heterocycles. The molecule has 3 unspecified atom stereocenters. The number of carbonyl (C=O) groups excluding carboxylic acids is 1. The van der Waals surface area contributed by atoms with Gasteiger partial charge in [0.15, 0.2) is 0 Å². The van der Waals surface area contributed by atoms with Crippen LogP contribution in [0.25, 0.3) is 0 Å². The minimum absolute atomic E-state index is 0.00423. The van der Waals surface area contributed by atoms with Crippen LogP contribution in [0.2, 0.25) is 0 Å². The summed E-state index contributed by atoms with van der Waals surface area (Å²) in [6.07, 6.45) is 5.36. The monoisotopic (exact) mass is 394 g/mol. The molecule has 154 valence electrons. The third-order valence-electron chi connectivity index (χ3n) is 3.56. The van der Waals surface area contributed by atoms with Gasteiger partial charge in [-0.3, -0.25) is 9.36 Å². The summed E-state index contributed by atoms with van der Waals surface area (Å²) in [5.74, 6) is -0.300. The van der Waals surface area contributed by atoms with Crippen molar-refractivity contribution in [1.82, 2.24) is 5.32 Å². The average molecular weight is 394 g/mol. The molecule has 8 nitrogen and oxygen atoms in total. The van der Waals surface area contributed by atoms with Gasteiger partial charge in [0, 0.05) is 6.42 Å². The van der Waals surface area contributed by atoms with Gasteiger partial charge in [-0.15, -0.1) is 0 Å². The van der Waals surface area contributed by atoms with Crippen molar-refractivity contribution in [3.63, 3.8) is 0 Å². The number of carbonyl (C=O) groups is 1. The fourth-order valence-corrected chi connectivity index (χ4v) is 2.58. The van der Waals surface area contributed by atoms with E-state index in [9.17, 15) is 19.4 Å². The van der Waals surface area contributed by atoms with Crippen LogP contribution in [0.3, 0.4) is 0 Å². The Labute approximate surface area is 157 Å². The summed E-state index contributed by atoms with van der Waals surface area (Å²) in [6, 6.07) is -0.871. The number of phosphoric ester groups is 1. The third kappa shape index (κ3) is 13.4. The Hall–Kier alpha value is -0.760. The van der Waals surface area contributed by atoms with Crippen LogP contribution in [-0.4, -0.2) is 68.5 Å². The van der Waals surface area contributed by atoms with E-state index < -0.39 is 26.6 Å². The molecule has 0 saturated carbocycles. The van der Waals surface area contributed by atoms with Crippen molar-refractivity contribution in [2.24, 2.45) is 0 Å². The number of allylic oxidation sites excluding steroid dienone is 1. The Balaban J connectivity index is 4.67. The SMILES string of the molecule is CCCC/C=C/C(O)C(COP(=O)([O-])OCC[N+](C)(C)C)NC(=O)CC. The molecule has 9 heteroatoms. The standard InChI is InChI=1S/C17H35N2O6P/c1-6-8-9-10-11-16(20)15(18-17(21)7-2)14-25-26(22,23)24-13-12-19(3,4)5/h10-11,15-16,20H,6-9,12-14H2,1-5H3,(H-,18,21,22,23)/b11-10+. The molecule has 0 aromatic heterocycles. The molecular weight excluding hydrogens is 359 g/mol. The van der Waals surface area contributed by atoms with Gasteiger partial charge in [0.05, 0.1) is 39.9 Å². The van der Waals surface area contributed by atoms with Crippen LogP contribution in [0.4, 0.5) is 0 Å². The number of aliphatic hydroxyl groups excluding tert-OH is 1. The third-order valence-corrected chi connectivity index (χ3v) is 4.53. The van der Waals surface area contributed by atoms with Gasteiger partial charge >= 0.3 is 0 Å². The van der Waals surface area contributed by atoms with E-state index in [-0.39, 0.29) is 18.9 Å². The highest BCUT2D eigenvalue weighted by Gasteiger charge is 2.22. The van der Waals surface area contributed by atoms with Crippen LogP contribution in [0.15, 0.2) is 12.2 Å². The van der Waals surface area contributed by atoms with Gasteiger partial charge < -0.3 is 28.8 Å². The van der Waals surface area contributed by atoms with Crippen LogP contribution in [0.1, 0.15) is 39.5 Å². The summed E-state index contributed by atoms with van der Waals surface area (Å²) in [4.78, 5) is 23.5. The van der Waals surface area contributed by atoms with Gasteiger partial charge in [0.1, 0.15) is 13.2 Å². The number of unbranched alkanes of at least 4 members (excludes halogenated alkanes) is 2. The maximum absolute atomic E-state index is 11.9. The summed E-state index contributed by atoms with van der Waals surface area (Å²) in [5, 5.41) is 12.8. The highest BCUT2D eigenvalue weighted by molar-refractivity contribution is 7.45. The molecule has 1 amide bonds. The molecule has 0 fully saturated rings. The van der Waals surface area contributed by atoms with Gasteiger partial charge in [-0.25, -0.2) is 0 Å². The number of amides is 1. The summed E-state index contributed by atoms with van der Waals surface area (Å²) in [6.45, 7) is 3.83. The predicted molar refractivity (Wildman–Crippen MR) is 99.3 cm³/mol. The van der Waals surface area contributed by atoms with Crippen LogP contribution < -0.4 is 10.2 Å². The maximum Gasteiger partial charge on any atom is 0.268 e. The van der Waals surface area contributed by atoms with Gasteiger partial charge in [-0.05, 0) is 6.42 Å². The Morgan fingerprint density at radius 1 is 1.31 bits per heavy atom. The molecule has 0 saturated heterocycles. The minimum Gasteiger partial charge on any atom is -0.756 e. The predicted octanol–water partition coefficient (Wildman–Crippen LogP) is 1.20. The number of aliphatic hydroxyl groups is 1. The second kappa shape index (κ2) is 12.6. The Bertz CT molecular complexity index is 478. The zero-order chi connectivity index (χ0) is 20.2. The normalized spacial score (nSPS) is 17.0. The van der Waals surface area contributed by atoms with Gasteiger partial charge in [-0.2, -0.15) is 0 Å². The molecule has 0 bridgehead atoms. The number of hydrogen-bond acceptors (Lipinski definition) is 6. The van der Waals surface area contributed by atoms with Crippen molar-refractivity contribution in [1.29, 1.82) is 0 Å². The van der Waals surface area contributed by atoms with Crippen molar-refractivity contribution >= 4 is 13.7 Å². The number of hydrogen-bond donors (Lipinski definition) is 2. The lowest BCUT2D eigenvalue weighted by Gasteiger charge is -2.29. The van der Waals surface area contributed by atoms with E-state index in [2.05, 4.69) is 12.2 Å². The number of nitrogens with one attached hydrogen (secondary N) is 1. The van der Waals surface area contributed by atoms with E-state index in [4.69, 9.17) is 9.05 Å². The minimum atomic E-state index is -4.51. The zero-order valence-corrected chi connectivity index (χ0v) is 17.5.